The molecule has 0 unspecified atom stereocenters. The maximum atomic E-state index is 11.2. The van der Waals surface area contributed by atoms with Crippen molar-refractivity contribution < 1.29 is 19.1 Å². The molecule has 0 fully saturated rings. The summed E-state index contributed by atoms with van der Waals surface area (Å²) in [5.74, 6) is -1.86. The topological polar surface area (TPSA) is 52.6 Å². The van der Waals surface area contributed by atoms with Gasteiger partial charge in [0.15, 0.2) is 0 Å². The van der Waals surface area contributed by atoms with Crippen molar-refractivity contribution in [3.63, 3.8) is 0 Å². The molecule has 0 saturated heterocycles. The van der Waals surface area contributed by atoms with Crippen LogP contribution in [0, 0.1) is 13.8 Å². The Labute approximate surface area is 107 Å². The molecule has 18 heavy (non-hydrogen) atoms. The Morgan fingerprint density at radius 1 is 1.11 bits per heavy atom. The molecule has 4 heteroatoms. The van der Waals surface area contributed by atoms with E-state index in [1.165, 1.54) is 0 Å². The standard InChI is InChI=1S/C14H18O4/c1-4-17-13(15)14(16)18-8-7-12-9-10(2)5-6-11(12)3/h5-6,9H,4,7-8H2,1-3H3. The molecule has 98 valence electrons. The largest absolute Gasteiger partial charge is 0.458 e. The van der Waals surface area contributed by atoms with Crippen molar-refractivity contribution in [1.29, 1.82) is 0 Å². The average Bonchev–Trinajstić information content (AvgIpc) is 2.33. The lowest BCUT2D eigenvalue weighted by Gasteiger charge is -2.07. The molecule has 0 N–H and O–H groups in total. The molecule has 0 heterocycles. The fourth-order valence-corrected chi connectivity index (χ4v) is 1.57. The van der Waals surface area contributed by atoms with E-state index in [1.54, 1.807) is 6.92 Å². The lowest BCUT2D eigenvalue weighted by atomic mass is 10.0. The summed E-state index contributed by atoms with van der Waals surface area (Å²) in [5.41, 5.74) is 3.42. The Kier molecular flexibility index (Phi) is 5.36. The lowest BCUT2D eigenvalue weighted by Crippen LogP contribution is -2.21. The van der Waals surface area contributed by atoms with Gasteiger partial charge in [-0.3, -0.25) is 0 Å². The molecule has 0 spiro atoms. The third kappa shape index (κ3) is 4.20. The van der Waals surface area contributed by atoms with Gasteiger partial charge in [0.05, 0.1) is 13.2 Å². The van der Waals surface area contributed by atoms with Crippen LogP contribution in [-0.2, 0) is 25.5 Å². The summed E-state index contributed by atoms with van der Waals surface area (Å²) in [5, 5.41) is 0. The van der Waals surface area contributed by atoms with Gasteiger partial charge in [-0.25, -0.2) is 9.59 Å². The highest BCUT2D eigenvalue weighted by molar-refractivity contribution is 6.29. The van der Waals surface area contributed by atoms with Crippen molar-refractivity contribution in [1.82, 2.24) is 0 Å². The molecule has 0 amide bonds. The number of aryl methyl sites for hydroxylation is 2. The number of esters is 2. The Hall–Kier alpha value is -1.84. The second-order valence-corrected chi connectivity index (χ2v) is 4.04. The molecule has 0 aliphatic carbocycles. The van der Waals surface area contributed by atoms with Gasteiger partial charge < -0.3 is 9.47 Å². The number of benzene rings is 1. The van der Waals surface area contributed by atoms with Crippen LogP contribution in [0.3, 0.4) is 0 Å². The summed E-state index contributed by atoms with van der Waals surface area (Å²) in [6.45, 7) is 6.00. The van der Waals surface area contributed by atoms with E-state index in [0.717, 1.165) is 16.7 Å². The van der Waals surface area contributed by atoms with E-state index in [1.807, 2.05) is 32.0 Å². The number of hydrogen-bond acceptors (Lipinski definition) is 4. The van der Waals surface area contributed by atoms with Gasteiger partial charge in [0, 0.05) is 6.42 Å². The van der Waals surface area contributed by atoms with Gasteiger partial charge in [0.2, 0.25) is 0 Å². The van der Waals surface area contributed by atoms with Gasteiger partial charge in [0.1, 0.15) is 0 Å². The summed E-state index contributed by atoms with van der Waals surface area (Å²) < 4.78 is 9.38. The average molecular weight is 250 g/mol. The van der Waals surface area contributed by atoms with Crippen LogP contribution in [0.5, 0.6) is 0 Å². The van der Waals surface area contributed by atoms with Crippen molar-refractivity contribution in [2.45, 2.75) is 27.2 Å². The fraction of sp³-hybridized carbons (Fsp3) is 0.429. The first-order valence-electron chi connectivity index (χ1n) is 5.94. The van der Waals surface area contributed by atoms with E-state index in [2.05, 4.69) is 4.74 Å². The van der Waals surface area contributed by atoms with Gasteiger partial charge in [-0.15, -0.1) is 0 Å². The summed E-state index contributed by atoms with van der Waals surface area (Å²) in [4.78, 5) is 22.2. The number of hydrogen-bond donors (Lipinski definition) is 0. The second-order valence-electron chi connectivity index (χ2n) is 4.04. The zero-order chi connectivity index (χ0) is 13.5. The normalized spacial score (nSPS) is 9.94. The van der Waals surface area contributed by atoms with Crippen LogP contribution in [0.4, 0.5) is 0 Å². The molecule has 0 aromatic heterocycles. The number of carbonyl (C=O) groups is 2. The van der Waals surface area contributed by atoms with Gasteiger partial charge >= 0.3 is 11.9 Å². The molecule has 1 aromatic carbocycles. The van der Waals surface area contributed by atoms with Crippen molar-refractivity contribution in [2.75, 3.05) is 13.2 Å². The molecule has 0 atom stereocenters. The highest BCUT2D eigenvalue weighted by atomic mass is 16.6. The SMILES string of the molecule is CCOC(=O)C(=O)OCCc1cc(C)ccc1C. The van der Waals surface area contributed by atoms with E-state index in [0.29, 0.717) is 6.42 Å². The first-order chi connectivity index (χ1) is 8.54. The first kappa shape index (κ1) is 14.2. The van der Waals surface area contributed by atoms with Gasteiger partial charge in [0.25, 0.3) is 0 Å². The minimum Gasteiger partial charge on any atom is -0.458 e. The fourth-order valence-electron chi connectivity index (χ4n) is 1.57. The minimum absolute atomic E-state index is 0.172. The molecular formula is C14H18O4. The van der Waals surface area contributed by atoms with Crippen molar-refractivity contribution in [3.8, 4) is 0 Å². The summed E-state index contributed by atoms with van der Waals surface area (Å²) in [6, 6.07) is 6.11. The van der Waals surface area contributed by atoms with Crippen LogP contribution >= 0.6 is 0 Å². The van der Waals surface area contributed by atoms with Crippen molar-refractivity contribution in [3.05, 3.63) is 34.9 Å². The predicted octanol–water partition coefficient (Wildman–Crippen LogP) is 1.95. The van der Waals surface area contributed by atoms with E-state index in [9.17, 15) is 9.59 Å². The minimum atomic E-state index is -0.932. The van der Waals surface area contributed by atoms with E-state index >= 15 is 0 Å². The quantitative estimate of drug-likeness (QED) is 0.605. The molecule has 0 radical (unpaired) electrons. The molecule has 1 rings (SSSR count). The molecule has 0 aliphatic rings. The van der Waals surface area contributed by atoms with Crippen LogP contribution < -0.4 is 0 Å². The zero-order valence-electron chi connectivity index (χ0n) is 11.0. The second kappa shape index (κ2) is 6.79. The Bertz CT molecular complexity index is 437. The third-order valence-corrected chi connectivity index (χ3v) is 2.55. The molecule has 4 nitrogen and oxygen atoms in total. The zero-order valence-corrected chi connectivity index (χ0v) is 11.0. The summed E-state index contributed by atoms with van der Waals surface area (Å²) in [6.07, 6.45) is 0.596. The Morgan fingerprint density at radius 2 is 1.78 bits per heavy atom. The van der Waals surface area contributed by atoms with Crippen LogP contribution in [-0.4, -0.2) is 25.2 Å². The first-order valence-corrected chi connectivity index (χ1v) is 5.94. The van der Waals surface area contributed by atoms with Crippen LogP contribution in [0.2, 0.25) is 0 Å². The molecular weight excluding hydrogens is 232 g/mol. The van der Waals surface area contributed by atoms with E-state index in [4.69, 9.17) is 4.74 Å². The summed E-state index contributed by atoms with van der Waals surface area (Å²) in [7, 11) is 0. The van der Waals surface area contributed by atoms with Crippen LogP contribution in [0.15, 0.2) is 18.2 Å². The highest BCUT2D eigenvalue weighted by Crippen LogP contribution is 2.11. The van der Waals surface area contributed by atoms with Crippen LogP contribution in [0.25, 0.3) is 0 Å². The van der Waals surface area contributed by atoms with E-state index < -0.39 is 11.9 Å². The Balaban J connectivity index is 2.44. The molecule has 0 aliphatic heterocycles. The van der Waals surface area contributed by atoms with Crippen molar-refractivity contribution in [2.24, 2.45) is 0 Å². The molecule has 0 bridgehead atoms. The van der Waals surface area contributed by atoms with Crippen molar-refractivity contribution >= 4 is 11.9 Å². The smallest absolute Gasteiger partial charge is 0.417 e. The third-order valence-electron chi connectivity index (χ3n) is 2.55. The van der Waals surface area contributed by atoms with E-state index in [-0.39, 0.29) is 13.2 Å². The number of carbonyl (C=O) groups excluding carboxylic acids is 2. The molecule has 1 aromatic rings. The number of rotatable bonds is 4. The monoisotopic (exact) mass is 250 g/mol. The van der Waals surface area contributed by atoms with Gasteiger partial charge in [-0.1, -0.05) is 23.8 Å². The molecule has 0 saturated carbocycles. The predicted molar refractivity (Wildman–Crippen MR) is 67.2 cm³/mol. The maximum Gasteiger partial charge on any atom is 0.417 e. The maximum absolute atomic E-state index is 11.2. The van der Waals surface area contributed by atoms with Gasteiger partial charge in [-0.2, -0.15) is 0 Å². The van der Waals surface area contributed by atoms with Gasteiger partial charge in [-0.05, 0) is 31.9 Å². The highest BCUT2D eigenvalue weighted by Gasteiger charge is 2.16. The summed E-state index contributed by atoms with van der Waals surface area (Å²) >= 11 is 0. The number of ether oxygens (including phenoxy) is 2. The van der Waals surface area contributed by atoms with Crippen LogP contribution in [0.1, 0.15) is 23.6 Å². The lowest BCUT2D eigenvalue weighted by molar-refractivity contribution is -0.167. The Morgan fingerprint density at radius 3 is 2.44 bits per heavy atom.